The maximum Gasteiger partial charge on any atom is 0.243 e. The van der Waals surface area contributed by atoms with Crippen LogP contribution in [0.3, 0.4) is 0 Å². The first-order chi connectivity index (χ1) is 15.3. The fourth-order valence-corrected chi connectivity index (χ4v) is 6.36. The minimum atomic E-state index is -3.53. The van der Waals surface area contributed by atoms with Crippen molar-refractivity contribution >= 4 is 15.9 Å². The normalized spacial score (nSPS) is 20.5. The number of hydrogen-bond acceptors (Lipinski definition) is 4. The highest BCUT2D eigenvalue weighted by Gasteiger charge is 2.37. The molecule has 0 bridgehead atoms. The number of aryl methyl sites for hydroxylation is 2. The summed E-state index contributed by atoms with van der Waals surface area (Å²) in [6, 6.07) is 13.3. The summed E-state index contributed by atoms with van der Waals surface area (Å²) in [7, 11) is -1.89. The molecule has 0 radical (unpaired) electrons. The van der Waals surface area contributed by atoms with Gasteiger partial charge in [-0.15, -0.1) is 0 Å². The van der Waals surface area contributed by atoms with Gasteiger partial charge in [-0.05, 0) is 80.5 Å². The molecule has 2 fully saturated rings. The predicted octanol–water partition coefficient (Wildman–Crippen LogP) is 4.08. The van der Waals surface area contributed by atoms with E-state index >= 15 is 0 Å². The molecule has 2 heterocycles. The molecule has 4 rings (SSSR count). The number of sulfonamides is 1. The van der Waals surface area contributed by atoms with E-state index in [0.717, 1.165) is 41.8 Å². The SMILES string of the molecule is COc1ccc([C@H]2CCCN2C(=O)C2CCN(S(=O)(=O)c3ccc(C)c(C)c3)CC2)cc1. The quantitative estimate of drug-likeness (QED) is 0.680. The molecule has 2 saturated heterocycles. The minimum absolute atomic E-state index is 0.0886. The van der Waals surface area contributed by atoms with Crippen molar-refractivity contribution in [2.24, 2.45) is 5.92 Å². The summed E-state index contributed by atoms with van der Waals surface area (Å²) < 4.78 is 33.0. The zero-order valence-electron chi connectivity index (χ0n) is 19.1. The Morgan fingerprint density at radius 1 is 0.938 bits per heavy atom. The van der Waals surface area contributed by atoms with Crippen molar-refractivity contribution in [2.45, 2.75) is 50.5 Å². The van der Waals surface area contributed by atoms with Gasteiger partial charge in [0.05, 0.1) is 18.0 Å². The van der Waals surface area contributed by atoms with E-state index in [1.54, 1.807) is 19.2 Å². The summed E-state index contributed by atoms with van der Waals surface area (Å²) in [5.41, 5.74) is 3.17. The largest absolute Gasteiger partial charge is 0.497 e. The first kappa shape index (κ1) is 22.8. The van der Waals surface area contributed by atoms with E-state index in [1.165, 1.54) is 4.31 Å². The Morgan fingerprint density at radius 2 is 1.62 bits per heavy atom. The lowest BCUT2D eigenvalue weighted by atomic mass is 9.95. The van der Waals surface area contributed by atoms with Gasteiger partial charge in [-0.3, -0.25) is 4.79 Å². The second-order valence-corrected chi connectivity index (χ2v) is 10.8. The summed E-state index contributed by atoms with van der Waals surface area (Å²) in [4.78, 5) is 15.7. The van der Waals surface area contributed by atoms with Gasteiger partial charge in [0.25, 0.3) is 0 Å². The van der Waals surface area contributed by atoms with Gasteiger partial charge in [0.2, 0.25) is 15.9 Å². The summed E-state index contributed by atoms with van der Waals surface area (Å²) >= 11 is 0. The fourth-order valence-electron chi connectivity index (χ4n) is 4.80. The van der Waals surface area contributed by atoms with E-state index in [2.05, 4.69) is 0 Å². The second kappa shape index (κ2) is 9.24. The Bertz CT molecular complexity index is 1070. The fraction of sp³-hybridized carbons (Fsp3) is 0.480. The Morgan fingerprint density at radius 3 is 2.25 bits per heavy atom. The maximum atomic E-state index is 13.3. The molecule has 2 aromatic carbocycles. The number of nitrogens with zero attached hydrogens (tertiary/aromatic N) is 2. The summed E-state index contributed by atoms with van der Waals surface area (Å²) in [5, 5.41) is 0. The number of ether oxygens (including phenoxy) is 1. The van der Waals surface area contributed by atoms with Crippen molar-refractivity contribution in [3.05, 3.63) is 59.2 Å². The molecule has 32 heavy (non-hydrogen) atoms. The van der Waals surface area contributed by atoms with E-state index in [0.29, 0.717) is 30.8 Å². The van der Waals surface area contributed by atoms with Crippen molar-refractivity contribution in [1.82, 2.24) is 9.21 Å². The number of benzene rings is 2. The third kappa shape index (κ3) is 4.41. The number of piperidine rings is 1. The van der Waals surface area contributed by atoms with Gasteiger partial charge in [-0.1, -0.05) is 18.2 Å². The van der Waals surface area contributed by atoms with Gasteiger partial charge < -0.3 is 9.64 Å². The standard InChI is InChI=1S/C25H32N2O4S/c1-18-6-11-23(17-19(18)2)32(29,30)26-15-12-21(13-16-26)25(28)27-14-4-5-24(27)20-7-9-22(31-3)10-8-20/h6-11,17,21,24H,4-5,12-16H2,1-3H3/t24-/m1/s1. The van der Waals surface area contributed by atoms with Crippen LogP contribution in [0.1, 0.15) is 48.4 Å². The number of likely N-dealkylation sites (tertiary alicyclic amines) is 1. The monoisotopic (exact) mass is 456 g/mol. The Balaban J connectivity index is 1.42. The van der Waals surface area contributed by atoms with Crippen molar-refractivity contribution < 1.29 is 17.9 Å². The molecule has 0 N–H and O–H groups in total. The molecule has 0 spiro atoms. The lowest BCUT2D eigenvalue weighted by Gasteiger charge is -2.34. The summed E-state index contributed by atoms with van der Waals surface area (Å²) in [5.74, 6) is 0.841. The van der Waals surface area contributed by atoms with Gasteiger partial charge in [0, 0.05) is 25.6 Å². The molecule has 1 atom stereocenters. The smallest absolute Gasteiger partial charge is 0.243 e. The van der Waals surface area contributed by atoms with Crippen molar-refractivity contribution in [2.75, 3.05) is 26.7 Å². The molecule has 0 saturated carbocycles. The third-order valence-electron chi connectivity index (χ3n) is 6.96. The lowest BCUT2D eigenvalue weighted by Crippen LogP contribution is -2.44. The van der Waals surface area contributed by atoms with Gasteiger partial charge in [0.15, 0.2) is 0 Å². The van der Waals surface area contributed by atoms with Crippen LogP contribution >= 0.6 is 0 Å². The molecule has 0 unspecified atom stereocenters. The molecule has 172 valence electrons. The summed E-state index contributed by atoms with van der Waals surface area (Å²) in [6.45, 7) is 5.42. The number of hydrogen-bond donors (Lipinski definition) is 0. The average Bonchev–Trinajstić information content (AvgIpc) is 3.30. The predicted molar refractivity (Wildman–Crippen MR) is 124 cm³/mol. The van der Waals surface area contributed by atoms with Gasteiger partial charge in [0.1, 0.15) is 5.75 Å². The zero-order valence-corrected chi connectivity index (χ0v) is 19.9. The van der Waals surface area contributed by atoms with Crippen LogP contribution in [0.2, 0.25) is 0 Å². The van der Waals surface area contributed by atoms with Crippen LogP contribution in [-0.4, -0.2) is 50.3 Å². The van der Waals surface area contributed by atoms with Crippen LogP contribution < -0.4 is 4.74 Å². The number of carbonyl (C=O) groups excluding carboxylic acids is 1. The molecule has 2 aliphatic heterocycles. The molecule has 7 heteroatoms. The Hall–Kier alpha value is -2.38. The average molecular weight is 457 g/mol. The maximum absolute atomic E-state index is 13.3. The molecular weight excluding hydrogens is 424 g/mol. The first-order valence-electron chi connectivity index (χ1n) is 11.3. The number of amides is 1. The minimum Gasteiger partial charge on any atom is -0.497 e. The zero-order chi connectivity index (χ0) is 22.9. The number of carbonyl (C=O) groups is 1. The molecule has 0 aromatic heterocycles. The van der Waals surface area contributed by atoms with Gasteiger partial charge in [-0.25, -0.2) is 8.42 Å². The Labute approximate surface area is 191 Å². The van der Waals surface area contributed by atoms with E-state index in [4.69, 9.17) is 4.74 Å². The molecule has 6 nitrogen and oxygen atoms in total. The highest BCUT2D eigenvalue weighted by Crippen LogP contribution is 2.36. The number of methoxy groups -OCH3 is 1. The lowest BCUT2D eigenvalue weighted by molar-refractivity contribution is -0.137. The van der Waals surface area contributed by atoms with Crippen molar-refractivity contribution in [3.8, 4) is 5.75 Å². The van der Waals surface area contributed by atoms with Crippen LogP contribution in [0, 0.1) is 19.8 Å². The van der Waals surface area contributed by atoms with Crippen LogP contribution in [0.4, 0.5) is 0 Å². The van der Waals surface area contributed by atoms with Crippen LogP contribution in [0.5, 0.6) is 5.75 Å². The number of rotatable bonds is 5. The van der Waals surface area contributed by atoms with E-state index in [1.807, 2.05) is 49.1 Å². The van der Waals surface area contributed by atoms with Gasteiger partial charge in [-0.2, -0.15) is 4.31 Å². The summed E-state index contributed by atoms with van der Waals surface area (Å²) in [6.07, 6.45) is 3.07. The molecule has 2 aliphatic rings. The molecule has 0 aliphatic carbocycles. The topological polar surface area (TPSA) is 66.9 Å². The molecule has 1 amide bonds. The van der Waals surface area contributed by atoms with Gasteiger partial charge >= 0.3 is 0 Å². The van der Waals surface area contributed by atoms with E-state index < -0.39 is 10.0 Å². The second-order valence-electron chi connectivity index (χ2n) is 8.89. The van der Waals surface area contributed by atoms with Crippen molar-refractivity contribution in [3.63, 3.8) is 0 Å². The van der Waals surface area contributed by atoms with E-state index in [9.17, 15) is 13.2 Å². The Kier molecular flexibility index (Phi) is 6.58. The first-order valence-corrected chi connectivity index (χ1v) is 12.8. The van der Waals surface area contributed by atoms with Crippen molar-refractivity contribution in [1.29, 1.82) is 0 Å². The van der Waals surface area contributed by atoms with Crippen LogP contribution in [0.25, 0.3) is 0 Å². The van der Waals surface area contributed by atoms with Crippen LogP contribution in [-0.2, 0) is 14.8 Å². The molecular formula is C25H32N2O4S. The van der Waals surface area contributed by atoms with Crippen LogP contribution in [0.15, 0.2) is 47.4 Å². The highest BCUT2D eigenvalue weighted by atomic mass is 32.2. The molecule has 2 aromatic rings. The third-order valence-corrected chi connectivity index (χ3v) is 8.85. The van der Waals surface area contributed by atoms with E-state index in [-0.39, 0.29) is 17.9 Å². The highest BCUT2D eigenvalue weighted by molar-refractivity contribution is 7.89.